The van der Waals surface area contributed by atoms with Gasteiger partial charge < -0.3 is 9.47 Å². The van der Waals surface area contributed by atoms with Crippen LogP contribution in [0.2, 0.25) is 0 Å². The van der Waals surface area contributed by atoms with Gasteiger partial charge in [-0.25, -0.2) is 4.98 Å². The van der Waals surface area contributed by atoms with Gasteiger partial charge in [0, 0.05) is 11.3 Å². The van der Waals surface area contributed by atoms with Crippen LogP contribution >= 0.6 is 23.1 Å². The molecule has 1 aliphatic rings. The van der Waals surface area contributed by atoms with Gasteiger partial charge in [0.2, 0.25) is 0 Å². The number of thioether (sulfide) groups is 1. The number of fused-ring (bicyclic) bond motifs is 3. The molecule has 2 aromatic heterocycles. The van der Waals surface area contributed by atoms with Crippen LogP contribution in [0.3, 0.4) is 0 Å². The molecule has 0 saturated heterocycles. The lowest BCUT2D eigenvalue weighted by molar-refractivity contribution is 0.00200. The summed E-state index contributed by atoms with van der Waals surface area (Å²) in [5, 5.41) is 1.48. The van der Waals surface area contributed by atoms with Gasteiger partial charge in [0.1, 0.15) is 10.6 Å². The van der Waals surface area contributed by atoms with E-state index < -0.39 is 0 Å². The van der Waals surface area contributed by atoms with Gasteiger partial charge in [-0.05, 0) is 41.5 Å². The average Bonchev–Trinajstić information content (AvgIpc) is 3.06. The minimum Gasteiger partial charge on any atom is -0.497 e. The van der Waals surface area contributed by atoms with Gasteiger partial charge in [0.25, 0.3) is 5.56 Å². The minimum absolute atomic E-state index is 0.00743. The van der Waals surface area contributed by atoms with Gasteiger partial charge in [-0.1, -0.05) is 32.5 Å². The van der Waals surface area contributed by atoms with Crippen LogP contribution in [0, 0.1) is 5.92 Å². The minimum atomic E-state index is 0.00743. The summed E-state index contributed by atoms with van der Waals surface area (Å²) in [6, 6.07) is 7.56. The number of nitrogens with zero attached hydrogens (tertiary/aromatic N) is 2. The van der Waals surface area contributed by atoms with Crippen LogP contribution in [0.25, 0.3) is 15.9 Å². The first-order valence-corrected chi connectivity index (χ1v) is 11.3. The number of aromatic nitrogens is 2. The Morgan fingerprint density at radius 2 is 2.11 bits per heavy atom. The van der Waals surface area contributed by atoms with E-state index in [0.717, 1.165) is 49.4 Å². The predicted octanol–water partition coefficient (Wildman–Crippen LogP) is 4.67. The summed E-state index contributed by atoms with van der Waals surface area (Å²) in [6.45, 7) is 6.96. The van der Waals surface area contributed by atoms with E-state index in [1.54, 1.807) is 34.8 Å². The van der Waals surface area contributed by atoms with Crippen molar-refractivity contribution in [3.05, 3.63) is 45.1 Å². The Balaban J connectivity index is 1.93. The van der Waals surface area contributed by atoms with E-state index in [0.29, 0.717) is 12.5 Å². The highest BCUT2D eigenvalue weighted by molar-refractivity contribution is 7.99. The molecule has 0 aliphatic carbocycles. The smallest absolute Gasteiger partial charge is 0.267 e. The Hall–Kier alpha value is -1.83. The van der Waals surface area contributed by atoms with Crippen LogP contribution in [-0.4, -0.2) is 28.5 Å². The van der Waals surface area contributed by atoms with Crippen molar-refractivity contribution >= 4 is 33.3 Å². The van der Waals surface area contributed by atoms with E-state index in [9.17, 15) is 4.79 Å². The molecule has 0 fully saturated rings. The third-order valence-corrected chi connectivity index (χ3v) is 6.98. The van der Waals surface area contributed by atoms with Gasteiger partial charge in [0.15, 0.2) is 5.16 Å². The second-order valence-electron chi connectivity index (χ2n) is 7.15. The van der Waals surface area contributed by atoms with E-state index in [-0.39, 0.29) is 11.7 Å². The lowest BCUT2D eigenvalue weighted by atomic mass is 9.96. The van der Waals surface area contributed by atoms with Crippen LogP contribution in [0.5, 0.6) is 5.75 Å². The quantitative estimate of drug-likeness (QED) is 0.447. The summed E-state index contributed by atoms with van der Waals surface area (Å²) >= 11 is 3.18. The van der Waals surface area contributed by atoms with E-state index in [2.05, 4.69) is 20.8 Å². The molecule has 3 aromatic rings. The Bertz CT molecular complexity index is 1050. The fraction of sp³-hybridized carbons (Fsp3) is 0.429. The first-order valence-electron chi connectivity index (χ1n) is 9.49. The number of methoxy groups -OCH3 is 1. The number of hydrogen-bond donors (Lipinski definition) is 0. The monoisotopic (exact) mass is 416 g/mol. The molecule has 28 heavy (non-hydrogen) atoms. The highest BCUT2D eigenvalue weighted by Crippen LogP contribution is 2.36. The highest BCUT2D eigenvalue weighted by atomic mass is 32.2. The van der Waals surface area contributed by atoms with Crippen molar-refractivity contribution < 1.29 is 9.47 Å². The molecule has 0 amide bonds. The maximum atomic E-state index is 13.6. The summed E-state index contributed by atoms with van der Waals surface area (Å²) < 4.78 is 13.0. The lowest BCUT2D eigenvalue weighted by Crippen LogP contribution is -2.28. The van der Waals surface area contributed by atoms with Crippen molar-refractivity contribution in [2.45, 2.75) is 45.1 Å². The Kier molecular flexibility index (Phi) is 5.49. The molecule has 0 N–H and O–H groups in total. The molecule has 0 radical (unpaired) electrons. The highest BCUT2D eigenvalue weighted by Gasteiger charge is 2.28. The van der Waals surface area contributed by atoms with Crippen LogP contribution in [-0.2, 0) is 17.8 Å². The zero-order valence-corrected chi connectivity index (χ0v) is 18.2. The van der Waals surface area contributed by atoms with Crippen LogP contribution in [0.4, 0.5) is 0 Å². The molecule has 0 saturated carbocycles. The number of rotatable bonds is 5. The molecular weight excluding hydrogens is 392 g/mol. The van der Waals surface area contributed by atoms with Gasteiger partial charge in [-0.3, -0.25) is 9.36 Å². The van der Waals surface area contributed by atoms with E-state index >= 15 is 0 Å². The predicted molar refractivity (Wildman–Crippen MR) is 115 cm³/mol. The average molecular weight is 417 g/mol. The van der Waals surface area contributed by atoms with Gasteiger partial charge in [-0.15, -0.1) is 11.3 Å². The van der Waals surface area contributed by atoms with Crippen molar-refractivity contribution in [3.63, 3.8) is 0 Å². The largest absolute Gasteiger partial charge is 0.497 e. The maximum Gasteiger partial charge on any atom is 0.267 e. The van der Waals surface area contributed by atoms with Gasteiger partial charge >= 0.3 is 0 Å². The molecule has 4 rings (SSSR count). The molecule has 0 spiro atoms. The van der Waals surface area contributed by atoms with Gasteiger partial charge in [0.05, 0.1) is 30.9 Å². The Labute approximate surface area is 172 Å². The van der Waals surface area contributed by atoms with E-state index in [1.807, 2.05) is 24.3 Å². The zero-order chi connectivity index (χ0) is 19.8. The number of ether oxygens (including phenoxy) is 2. The molecule has 7 heteroatoms. The first-order chi connectivity index (χ1) is 13.5. The topological polar surface area (TPSA) is 53.4 Å². The molecule has 1 unspecified atom stereocenters. The standard InChI is InChI=1S/C21H24N2O3S2/c1-5-27-21-22-19-18(15-10-16(12(2)3)26-11-17(15)28-19)20(24)23(21)13-6-8-14(25-4)9-7-13/h6-9,12,16H,5,10-11H2,1-4H3. The fourth-order valence-corrected chi connectivity index (χ4v) is 5.42. The van der Waals surface area contributed by atoms with E-state index in [1.165, 1.54) is 0 Å². The lowest BCUT2D eigenvalue weighted by Gasteiger charge is -2.26. The summed E-state index contributed by atoms with van der Waals surface area (Å²) in [5.41, 5.74) is 1.94. The van der Waals surface area contributed by atoms with Crippen molar-refractivity contribution in [2.24, 2.45) is 5.92 Å². The molecule has 1 aromatic carbocycles. The summed E-state index contributed by atoms with van der Waals surface area (Å²) in [5.74, 6) is 2.02. The normalized spacial score (nSPS) is 16.5. The van der Waals surface area contributed by atoms with Crippen LogP contribution in [0.15, 0.2) is 34.2 Å². The van der Waals surface area contributed by atoms with Crippen molar-refractivity contribution in [1.82, 2.24) is 9.55 Å². The van der Waals surface area contributed by atoms with Gasteiger partial charge in [-0.2, -0.15) is 0 Å². The maximum absolute atomic E-state index is 13.6. The van der Waals surface area contributed by atoms with Crippen molar-refractivity contribution in [2.75, 3.05) is 12.9 Å². The molecule has 5 nitrogen and oxygen atoms in total. The first kappa shape index (κ1) is 19.5. The van der Waals surface area contributed by atoms with E-state index in [4.69, 9.17) is 14.5 Å². The number of benzene rings is 1. The molecule has 0 bridgehead atoms. The Morgan fingerprint density at radius 3 is 2.75 bits per heavy atom. The van der Waals surface area contributed by atoms with Crippen molar-refractivity contribution in [3.8, 4) is 11.4 Å². The molecular formula is C21H24N2O3S2. The fourth-order valence-electron chi connectivity index (χ4n) is 3.52. The molecule has 1 atom stereocenters. The summed E-state index contributed by atoms with van der Waals surface area (Å²) in [7, 11) is 1.64. The summed E-state index contributed by atoms with van der Waals surface area (Å²) in [6.07, 6.45) is 0.913. The Morgan fingerprint density at radius 1 is 1.36 bits per heavy atom. The zero-order valence-electron chi connectivity index (χ0n) is 16.5. The number of hydrogen-bond acceptors (Lipinski definition) is 6. The van der Waals surface area contributed by atoms with Crippen LogP contribution < -0.4 is 10.3 Å². The second kappa shape index (κ2) is 7.89. The molecule has 148 valence electrons. The molecule has 1 aliphatic heterocycles. The second-order valence-corrected chi connectivity index (χ2v) is 9.46. The summed E-state index contributed by atoms with van der Waals surface area (Å²) in [4.78, 5) is 20.5. The third-order valence-electron chi connectivity index (χ3n) is 5.06. The number of thiophene rings is 1. The van der Waals surface area contributed by atoms with Crippen molar-refractivity contribution in [1.29, 1.82) is 0 Å². The third kappa shape index (κ3) is 3.36. The van der Waals surface area contributed by atoms with Crippen LogP contribution in [0.1, 0.15) is 31.2 Å². The SMILES string of the molecule is CCSc1nc2sc3c(c2c(=O)n1-c1ccc(OC)cc1)CC(C(C)C)OC3. The molecule has 3 heterocycles.